The number of piperazine rings is 1. The first-order valence-corrected chi connectivity index (χ1v) is 11.2. The Hall–Kier alpha value is -2.51. The summed E-state index contributed by atoms with van der Waals surface area (Å²) in [6.45, 7) is 8.36. The Morgan fingerprint density at radius 3 is 2.80 bits per heavy atom. The molecular formula is C23H31N7. The van der Waals surface area contributed by atoms with Crippen LogP contribution in [0.4, 0.5) is 5.95 Å². The summed E-state index contributed by atoms with van der Waals surface area (Å²) in [5, 5.41) is 0. The Morgan fingerprint density at radius 1 is 1.10 bits per heavy atom. The Kier molecular flexibility index (Phi) is 5.39. The van der Waals surface area contributed by atoms with E-state index >= 15 is 0 Å². The zero-order chi connectivity index (χ0) is 20.5. The van der Waals surface area contributed by atoms with Crippen LogP contribution in [0.3, 0.4) is 0 Å². The van der Waals surface area contributed by atoms with Gasteiger partial charge in [0, 0.05) is 51.3 Å². The van der Waals surface area contributed by atoms with Crippen LogP contribution in [0.25, 0.3) is 5.65 Å². The minimum atomic E-state index is 0.361. The zero-order valence-corrected chi connectivity index (χ0v) is 18.0. The molecule has 0 radical (unpaired) electrons. The standard InChI is InChI=1S/C23H31N7/c1-3-28-12-14-29(15-13-28)23-25-11-9-21-26-19(17-30(21)23)16-27(2)20-8-4-6-18-7-5-10-24-22(18)20/h5,7,9-11,17,20H,3-4,6,8,12-16H2,1-2H3. The smallest absolute Gasteiger partial charge is 0.211 e. The number of fused-ring (bicyclic) bond motifs is 2. The van der Waals surface area contributed by atoms with E-state index in [1.807, 2.05) is 18.5 Å². The molecule has 4 heterocycles. The van der Waals surface area contributed by atoms with Crippen LogP contribution >= 0.6 is 0 Å². The van der Waals surface area contributed by atoms with Crippen LogP contribution in [0, 0.1) is 0 Å². The quantitative estimate of drug-likeness (QED) is 0.651. The highest BCUT2D eigenvalue weighted by molar-refractivity contribution is 5.48. The van der Waals surface area contributed by atoms with Gasteiger partial charge in [0.2, 0.25) is 5.95 Å². The molecule has 2 aliphatic rings. The van der Waals surface area contributed by atoms with Gasteiger partial charge in [0.25, 0.3) is 0 Å². The number of aromatic nitrogens is 4. The maximum atomic E-state index is 4.91. The lowest BCUT2D eigenvalue weighted by Gasteiger charge is -2.34. The fourth-order valence-corrected chi connectivity index (χ4v) is 4.91. The van der Waals surface area contributed by atoms with Crippen molar-refractivity contribution in [3.8, 4) is 0 Å². The van der Waals surface area contributed by atoms with Crippen LogP contribution < -0.4 is 4.90 Å². The maximum absolute atomic E-state index is 4.91. The van der Waals surface area contributed by atoms with Crippen LogP contribution in [0.1, 0.15) is 42.8 Å². The van der Waals surface area contributed by atoms with Crippen molar-refractivity contribution in [1.82, 2.24) is 29.2 Å². The van der Waals surface area contributed by atoms with Gasteiger partial charge in [-0.3, -0.25) is 14.3 Å². The Morgan fingerprint density at radius 2 is 1.97 bits per heavy atom. The number of imidazole rings is 1. The van der Waals surface area contributed by atoms with E-state index in [2.05, 4.69) is 51.4 Å². The molecule has 1 aliphatic heterocycles. The van der Waals surface area contributed by atoms with Gasteiger partial charge in [0.05, 0.1) is 17.4 Å². The van der Waals surface area contributed by atoms with Gasteiger partial charge in [0.15, 0.2) is 0 Å². The second kappa shape index (κ2) is 8.32. The van der Waals surface area contributed by atoms with Crippen molar-refractivity contribution in [1.29, 1.82) is 0 Å². The Bertz CT molecular complexity index is 1010. The first kappa shape index (κ1) is 19.5. The van der Waals surface area contributed by atoms with Crippen LogP contribution in [-0.4, -0.2) is 68.9 Å². The number of nitrogens with zero attached hydrogens (tertiary/aromatic N) is 7. The SMILES string of the molecule is CCN1CCN(c2nccc3nc(CN(C)C4CCCc5cccnc54)cn23)CC1. The summed E-state index contributed by atoms with van der Waals surface area (Å²) in [7, 11) is 2.20. The van der Waals surface area contributed by atoms with E-state index in [0.29, 0.717) is 6.04 Å². The van der Waals surface area contributed by atoms with E-state index in [1.165, 1.54) is 17.7 Å². The predicted molar refractivity (Wildman–Crippen MR) is 119 cm³/mol. The van der Waals surface area contributed by atoms with E-state index in [0.717, 1.165) is 69.4 Å². The third-order valence-corrected chi connectivity index (χ3v) is 6.62. The minimum Gasteiger partial charge on any atom is -0.339 e. The number of likely N-dealkylation sites (N-methyl/N-ethyl adjacent to an activating group) is 1. The number of anilines is 1. The first-order valence-electron chi connectivity index (χ1n) is 11.2. The van der Waals surface area contributed by atoms with Gasteiger partial charge in [0.1, 0.15) is 5.65 Å². The molecule has 0 bridgehead atoms. The fraction of sp³-hybridized carbons (Fsp3) is 0.522. The molecule has 30 heavy (non-hydrogen) atoms. The van der Waals surface area contributed by atoms with Crippen molar-refractivity contribution in [3.63, 3.8) is 0 Å². The van der Waals surface area contributed by atoms with E-state index in [-0.39, 0.29) is 0 Å². The molecular weight excluding hydrogens is 374 g/mol. The second-order valence-electron chi connectivity index (χ2n) is 8.50. The molecule has 0 spiro atoms. The fourth-order valence-electron chi connectivity index (χ4n) is 4.91. The molecule has 5 rings (SSSR count). The average molecular weight is 406 g/mol. The molecule has 3 aromatic heterocycles. The summed E-state index contributed by atoms with van der Waals surface area (Å²) in [5.41, 5.74) is 4.70. The van der Waals surface area contributed by atoms with Crippen LogP contribution in [0.2, 0.25) is 0 Å². The zero-order valence-electron chi connectivity index (χ0n) is 18.0. The molecule has 7 heteroatoms. The van der Waals surface area contributed by atoms with Crippen LogP contribution in [-0.2, 0) is 13.0 Å². The van der Waals surface area contributed by atoms with Crippen molar-refractivity contribution in [2.24, 2.45) is 0 Å². The number of hydrogen-bond acceptors (Lipinski definition) is 6. The van der Waals surface area contributed by atoms with Crippen molar-refractivity contribution < 1.29 is 0 Å². The molecule has 1 aliphatic carbocycles. The highest BCUT2D eigenvalue weighted by Gasteiger charge is 2.26. The van der Waals surface area contributed by atoms with E-state index in [4.69, 9.17) is 15.0 Å². The van der Waals surface area contributed by atoms with Crippen LogP contribution in [0.5, 0.6) is 0 Å². The first-order chi connectivity index (χ1) is 14.7. The van der Waals surface area contributed by atoms with Gasteiger partial charge >= 0.3 is 0 Å². The van der Waals surface area contributed by atoms with Gasteiger partial charge in [-0.25, -0.2) is 9.97 Å². The number of pyridine rings is 1. The van der Waals surface area contributed by atoms with Crippen molar-refractivity contribution in [3.05, 3.63) is 53.7 Å². The molecule has 0 amide bonds. The van der Waals surface area contributed by atoms with Crippen molar-refractivity contribution in [2.75, 3.05) is 44.7 Å². The summed E-state index contributed by atoms with van der Waals surface area (Å²) >= 11 is 0. The molecule has 3 aromatic rings. The van der Waals surface area contributed by atoms with E-state index in [9.17, 15) is 0 Å². The monoisotopic (exact) mass is 405 g/mol. The maximum Gasteiger partial charge on any atom is 0.211 e. The lowest BCUT2D eigenvalue weighted by Crippen LogP contribution is -2.47. The largest absolute Gasteiger partial charge is 0.339 e. The average Bonchev–Trinajstić information content (AvgIpc) is 3.21. The molecule has 1 saturated heterocycles. The summed E-state index contributed by atoms with van der Waals surface area (Å²) in [5.74, 6) is 1.01. The van der Waals surface area contributed by atoms with E-state index < -0.39 is 0 Å². The highest BCUT2D eigenvalue weighted by Crippen LogP contribution is 2.32. The molecule has 1 atom stereocenters. The van der Waals surface area contributed by atoms with Gasteiger partial charge in [-0.15, -0.1) is 0 Å². The molecule has 1 unspecified atom stereocenters. The summed E-state index contributed by atoms with van der Waals surface area (Å²) in [6, 6.07) is 6.65. The molecule has 1 fully saturated rings. The predicted octanol–water partition coefficient (Wildman–Crippen LogP) is 2.78. The highest BCUT2D eigenvalue weighted by atomic mass is 15.3. The number of hydrogen-bond donors (Lipinski definition) is 0. The summed E-state index contributed by atoms with van der Waals surface area (Å²) in [4.78, 5) is 21.6. The van der Waals surface area contributed by atoms with Gasteiger partial charge in [-0.2, -0.15) is 0 Å². The third kappa shape index (κ3) is 3.68. The van der Waals surface area contributed by atoms with Gasteiger partial charge < -0.3 is 9.80 Å². The summed E-state index contributed by atoms with van der Waals surface area (Å²) in [6.07, 6.45) is 9.49. The summed E-state index contributed by atoms with van der Waals surface area (Å²) < 4.78 is 2.16. The lowest BCUT2D eigenvalue weighted by atomic mass is 9.91. The topological polar surface area (TPSA) is 52.8 Å². The van der Waals surface area contributed by atoms with Crippen LogP contribution in [0.15, 0.2) is 36.8 Å². The molecule has 0 saturated carbocycles. The van der Waals surface area contributed by atoms with Crippen molar-refractivity contribution in [2.45, 2.75) is 38.8 Å². The van der Waals surface area contributed by atoms with Gasteiger partial charge in [-0.1, -0.05) is 13.0 Å². The number of rotatable bonds is 5. The molecule has 0 N–H and O–H groups in total. The minimum absolute atomic E-state index is 0.361. The molecule has 158 valence electrons. The van der Waals surface area contributed by atoms with Crippen molar-refractivity contribution >= 4 is 11.6 Å². The third-order valence-electron chi connectivity index (χ3n) is 6.62. The Balaban J connectivity index is 1.36. The molecule has 0 aromatic carbocycles. The molecule has 7 nitrogen and oxygen atoms in total. The Labute approximate surface area is 178 Å². The second-order valence-corrected chi connectivity index (χ2v) is 8.50. The lowest BCUT2D eigenvalue weighted by molar-refractivity contribution is 0.206. The number of aryl methyl sites for hydroxylation is 1. The van der Waals surface area contributed by atoms with Gasteiger partial charge in [-0.05, 0) is 50.6 Å². The normalized spacial score (nSPS) is 20.1. The van der Waals surface area contributed by atoms with E-state index in [1.54, 1.807) is 0 Å².